The van der Waals surface area contributed by atoms with Crippen molar-refractivity contribution in [1.29, 1.82) is 0 Å². The molecule has 0 amide bonds. The molecule has 15 heavy (non-hydrogen) atoms. The SMILES string of the molecule is CCNCC1CCC1N(CC)C(C)CC. The summed E-state index contributed by atoms with van der Waals surface area (Å²) in [6.45, 7) is 12.7. The molecule has 2 nitrogen and oxygen atoms in total. The Hall–Kier alpha value is -0.0800. The molecule has 0 aromatic heterocycles. The number of rotatable bonds is 7. The first-order chi connectivity index (χ1) is 7.24. The van der Waals surface area contributed by atoms with Gasteiger partial charge in [0.05, 0.1) is 0 Å². The van der Waals surface area contributed by atoms with Gasteiger partial charge in [0.15, 0.2) is 0 Å². The van der Waals surface area contributed by atoms with E-state index < -0.39 is 0 Å². The van der Waals surface area contributed by atoms with E-state index in [1.165, 1.54) is 32.4 Å². The largest absolute Gasteiger partial charge is 0.317 e. The van der Waals surface area contributed by atoms with Crippen molar-refractivity contribution in [3.05, 3.63) is 0 Å². The third kappa shape index (κ3) is 3.18. The third-order valence-corrected chi connectivity index (χ3v) is 3.98. The Balaban J connectivity index is 2.39. The summed E-state index contributed by atoms with van der Waals surface area (Å²) in [7, 11) is 0. The van der Waals surface area contributed by atoms with Crippen LogP contribution >= 0.6 is 0 Å². The summed E-state index contributed by atoms with van der Waals surface area (Å²) in [5, 5.41) is 3.49. The fourth-order valence-corrected chi connectivity index (χ4v) is 2.66. The molecule has 3 atom stereocenters. The van der Waals surface area contributed by atoms with Crippen LogP contribution in [-0.4, -0.2) is 36.6 Å². The summed E-state index contributed by atoms with van der Waals surface area (Å²) in [5.41, 5.74) is 0. The minimum atomic E-state index is 0.754. The summed E-state index contributed by atoms with van der Waals surface area (Å²) in [6, 6.07) is 1.61. The molecule has 1 rings (SSSR count). The van der Waals surface area contributed by atoms with Crippen molar-refractivity contribution in [1.82, 2.24) is 10.2 Å². The van der Waals surface area contributed by atoms with Gasteiger partial charge in [-0.15, -0.1) is 0 Å². The van der Waals surface area contributed by atoms with Crippen molar-refractivity contribution in [2.75, 3.05) is 19.6 Å². The van der Waals surface area contributed by atoms with Gasteiger partial charge in [0, 0.05) is 12.1 Å². The van der Waals surface area contributed by atoms with Gasteiger partial charge >= 0.3 is 0 Å². The summed E-state index contributed by atoms with van der Waals surface area (Å²) < 4.78 is 0. The van der Waals surface area contributed by atoms with E-state index in [1.807, 2.05) is 0 Å². The Morgan fingerprint density at radius 1 is 1.27 bits per heavy atom. The molecule has 90 valence electrons. The van der Waals surface area contributed by atoms with Crippen molar-refractivity contribution in [3.63, 3.8) is 0 Å². The maximum absolute atomic E-state index is 3.49. The van der Waals surface area contributed by atoms with Gasteiger partial charge in [0.2, 0.25) is 0 Å². The minimum Gasteiger partial charge on any atom is -0.317 e. The maximum Gasteiger partial charge on any atom is 0.0138 e. The average Bonchev–Trinajstić information content (AvgIpc) is 2.23. The van der Waals surface area contributed by atoms with Crippen molar-refractivity contribution in [2.24, 2.45) is 5.92 Å². The van der Waals surface area contributed by atoms with E-state index in [9.17, 15) is 0 Å². The molecule has 0 bridgehead atoms. The van der Waals surface area contributed by atoms with Crippen LogP contribution in [-0.2, 0) is 0 Å². The number of nitrogens with zero attached hydrogens (tertiary/aromatic N) is 1. The van der Waals surface area contributed by atoms with E-state index in [0.29, 0.717) is 0 Å². The molecule has 1 aliphatic rings. The highest BCUT2D eigenvalue weighted by atomic mass is 15.2. The zero-order valence-electron chi connectivity index (χ0n) is 10.9. The Kier molecular flexibility index (Phi) is 5.62. The predicted octanol–water partition coefficient (Wildman–Crippen LogP) is 2.49. The van der Waals surface area contributed by atoms with Crippen LogP contribution < -0.4 is 5.32 Å². The molecule has 0 aliphatic heterocycles. The molecule has 0 saturated heterocycles. The molecule has 0 radical (unpaired) electrons. The predicted molar refractivity (Wildman–Crippen MR) is 67.2 cm³/mol. The van der Waals surface area contributed by atoms with Crippen LogP contribution in [0.4, 0.5) is 0 Å². The van der Waals surface area contributed by atoms with Gasteiger partial charge in [-0.3, -0.25) is 4.90 Å². The van der Waals surface area contributed by atoms with Crippen LogP contribution in [0.2, 0.25) is 0 Å². The quantitative estimate of drug-likeness (QED) is 0.697. The van der Waals surface area contributed by atoms with E-state index in [-0.39, 0.29) is 0 Å². The summed E-state index contributed by atoms with van der Waals surface area (Å²) >= 11 is 0. The average molecular weight is 212 g/mol. The highest BCUT2D eigenvalue weighted by molar-refractivity contribution is 4.91. The summed E-state index contributed by atoms with van der Waals surface area (Å²) in [6.07, 6.45) is 4.11. The lowest BCUT2D eigenvalue weighted by Gasteiger charge is -2.47. The lowest BCUT2D eigenvalue weighted by Crippen LogP contribution is -2.53. The molecule has 2 heteroatoms. The van der Waals surface area contributed by atoms with E-state index in [0.717, 1.165) is 24.5 Å². The van der Waals surface area contributed by atoms with Crippen molar-refractivity contribution in [2.45, 2.75) is 59.0 Å². The monoisotopic (exact) mass is 212 g/mol. The summed E-state index contributed by atoms with van der Waals surface area (Å²) in [4.78, 5) is 2.70. The van der Waals surface area contributed by atoms with E-state index in [1.54, 1.807) is 0 Å². The fraction of sp³-hybridized carbons (Fsp3) is 1.00. The molecule has 0 aromatic carbocycles. The van der Waals surface area contributed by atoms with E-state index in [2.05, 4.69) is 37.9 Å². The van der Waals surface area contributed by atoms with Crippen LogP contribution in [0.25, 0.3) is 0 Å². The Morgan fingerprint density at radius 3 is 2.40 bits per heavy atom. The second-order valence-electron chi connectivity index (χ2n) is 4.80. The molecule has 1 N–H and O–H groups in total. The fourth-order valence-electron chi connectivity index (χ4n) is 2.66. The molecular weight excluding hydrogens is 184 g/mol. The molecule has 3 unspecified atom stereocenters. The molecule has 0 aromatic rings. The van der Waals surface area contributed by atoms with Gasteiger partial charge in [-0.2, -0.15) is 0 Å². The van der Waals surface area contributed by atoms with Gasteiger partial charge in [-0.1, -0.05) is 20.8 Å². The molecule has 1 saturated carbocycles. The summed E-state index contributed by atoms with van der Waals surface area (Å²) in [5.74, 6) is 0.902. The van der Waals surface area contributed by atoms with Crippen LogP contribution in [0.15, 0.2) is 0 Å². The van der Waals surface area contributed by atoms with Gasteiger partial charge in [0.25, 0.3) is 0 Å². The van der Waals surface area contributed by atoms with Gasteiger partial charge in [-0.25, -0.2) is 0 Å². The van der Waals surface area contributed by atoms with Crippen molar-refractivity contribution >= 4 is 0 Å². The topological polar surface area (TPSA) is 15.3 Å². The van der Waals surface area contributed by atoms with Gasteiger partial charge in [0.1, 0.15) is 0 Å². The van der Waals surface area contributed by atoms with Crippen LogP contribution in [0.3, 0.4) is 0 Å². The smallest absolute Gasteiger partial charge is 0.0138 e. The Morgan fingerprint density at radius 2 is 2.00 bits per heavy atom. The van der Waals surface area contributed by atoms with E-state index >= 15 is 0 Å². The zero-order valence-corrected chi connectivity index (χ0v) is 10.9. The van der Waals surface area contributed by atoms with E-state index in [4.69, 9.17) is 0 Å². The number of nitrogens with one attached hydrogen (secondary N) is 1. The zero-order chi connectivity index (χ0) is 11.3. The van der Waals surface area contributed by atoms with Gasteiger partial charge in [-0.05, 0) is 51.7 Å². The lowest BCUT2D eigenvalue weighted by atomic mass is 9.77. The first kappa shape index (κ1) is 13.0. The lowest BCUT2D eigenvalue weighted by molar-refractivity contribution is 0.0359. The first-order valence-electron chi connectivity index (χ1n) is 6.70. The molecule has 1 aliphatic carbocycles. The molecule has 0 heterocycles. The highest BCUT2D eigenvalue weighted by Crippen LogP contribution is 2.33. The normalized spacial score (nSPS) is 27.8. The van der Waals surface area contributed by atoms with Crippen molar-refractivity contribution in [3.8, 4) is 0 Å². The van der Waals surface area contributed by atoms with Crippen LogP contribution in [0, 0.1) is 5.92 Å². The number of hydrogen-bond acceptors (Lipinski definition) is 2. The standard InChI is InChI=1S/C13H28N2/c1-5-11(4)15(7-3)13-9-8-12(13)10-14-6-2/h11-14H,5-10H2,1-4H3. The molecule has 0 spiro atoms. The first-order valence-corrected chi connectivity index (χ1v) is 6.70. The Bertz CT molecular complexity index is 170. The third-order valence-electron chi connectivity index (χ3n) is 3.98. The molecule has 1 fully saturated rings. The number of hydrogen-bond donors (Lipinski definition) is 1. The minimum absolute atomic E-state index is 0.754. The van der Waals surface area contributed by atoms with Crippen LogP contribution in [0.1, 0.15) is 47.0 Å². The molecular formula is C13H28N2. The van der Waals surface area contributed by atoms with Gasteiger partial charge < -0.3 is 5.32 Å². The second kappa shape index (κ2) is 6.49. The highest BCUT2D eigenvalue weighted by Gasteiger charge is 2.35. The van der Waals surface area contributed by atoms with Crippen LogP contribution in [0.5, 0.6) is 0 Å². The maximum atomic E-state index is 3.49. The Labute approximate surface area is 95.4 Å². The van der Waals surface area contributed by atoms with Crippen molar-refractivity contribution < 1.29 is 0 Å². The second-order valence-corrected chi connectivity index (χ2v) is 4.80.